The fourth-order valence-electron chi connectivity index (χ4n) is 8.55. The molecule has 1 aromatic heterocycles. The molecule has 5 heterocycles. The van der Waals surface area contributed by atoms with E-state index in [0.29, 0.717) is 35.6 Å². The van der Waals surface area contributed by atoms with E-state index in [4.69, 9.17) is 0 Å². The molecule has 62 heavy (non-hydrogen) atoms. The highest BCUT2D eigenvalue weighted by Gasteiger charge is 2.46. The average molecular weight is 867 g/mol. The number of nitrogens with zero attached hydrogens (tertiary/aromatic N) is 6. The van der Waals surface area contributed by atoms with Gasteiger partial charge in [0.25, 0.3) is 11.8 Å². The third kappa shape index (κ3) is 9.18. The Morgan fingerprint density at radius 1 is 0.855 bits per heavy atom. The summed E-state index contributed by atoms with van der Waals surface area (Å²) >= 11 is 0. The SMILES string of the molecule is Cc1cnc(Nc2ccc(N3CCC(N4CCN(Cc5ccc6c(c5F)C(=O)N(C5CCC(=O)NC5=O)C6=O)CC4)CC3)cc2)nc1Nc1cccc(S(=O)(=O)NC(C)(C)C)c1. The van der Waals surface area contributed by atoms with E-state index in [-0.39, 0.29) is 28.9 Å². The summed E-state index contributed by atoms with van der Waals surface area (Å²) in [7, 11) is -3.71. The van der Waals surface area contributed by atoms with Crippen molar-refractivity contribution in [2.75, 3.05) is 54.8 Å². The maximum absolute atomic E-state index is 15.9. The third-order valence-electron chi connectivity index (χ3n) is 11.7. The Hall–Kier alpha value is -5.82. The second-order valence-corrected chi connectivity index (χ2v) is 19.0. The van der Waals surface area contributed by atoms with Crippen LogP contribution in [0.3, 0.4) is 0 Å². The number of halogens is 1. The lowest BCUT2D eigenvalue weighted by Crippen LogP contribution is -2.54. The van der Waals surface area contributed by atoms with Gasteiger partial charge < -0.3 is 15.5 Å². The number of aryl methyl sites for hydroxylation is 1. The molecule has 3 saturated heterocycles. The number of benzene rings is 3. The summed E-state index contributed by atoms with van der Waals surface area (Å²) in [5.41, 5.74) is 2.67. The Morgan fingerprint density at radius 2 is 1.58 bits per heavy atom. The summed E-state index contributed by atoms with van der Waals surface area (Å²) in [6.45, 7) is 12.5. The lowest BCUT2D eigenvalue weighted by molar-refractivity contribution is -0.136. The maximum Gasteiger partial charge on any atom is 0.265 e. The van der Waals surface area contributed by atoms with E-state index in [1.54, 1.807) is 57.3 Å². The van der Waals surface area contributed by atoms with Gasteiger partial charge >= 0.3 is 0 Å². The Morgan fingerprint density at radius 3 is 2.27 bits per heavy atom. The highest BCUT2D eigenvalue weighted by molar-refractivity contribution is 7.89. The molecule has 4 aliphatic rings. The first-order chi connectivity index (χ1) is 29.5. The first kappa shape index (κ1) is 42.9. The lowest BCUT2D eigenvalue weighted by Gasteiger charge is -2.43. The molecule has 0 radical (unpaired) electrons. The molecule has 1 atom stereocenters. The molecule has 16 nitrogen and oxygen atoms in total. The summed E-state index contributed by atoms with van der Waals surface area (Å²) in [5.74, 6) is -2.54. The zero-order valence-corrected chi connectivity index (χ0v) is 36.0. The third-order valence-corrected chi connectivity index (χ3v) is 13.5. The van der Waals surface area contributed by atoms with Crippen LogP contribution in [0.4, 0.5) is 33.2 Å². The van der Waals surface area contributed by atoms with Crippen LogP contribution >= 0.6 is 0 Å². The Labute approximate surface area is 360 Å². The summed E-state index contributed by atoms with van der Waals surface area (Å²) in [6, 6.07) is 17.1. The van der Waals surface area contributed by atoms with Gasteiger partial charge in [0.2, 0.25) is 27.8 Å². The van der Waals surface area contributed by atoms with Crippen LogP contribution in [0, 0.1) is 12.7 Å². The number of piperazine rings is 1. The quantitative estimate of drug-likeness (QED) is 0.152. The number of hydrogen-bond donors (Lipinski definition) is 4. The van der Waals surface area contributed by atoms with E-state index in [1.807, 2.05) is 19.1 Å². The summed E-state index contributed by atoms with van der Waals surface area (Å²) in [6.07, 6.45) is 3.74. The number of fused-ring (bicyclic) bond motifs is 1. The van der Waals surface area contributed by atoms with Crippen LogP contribution in [0.2, 0.25) is 0 Å². The van der Waals surface area contributed by atoms with E-state index in [1.165, 1.54) is 6.07 Å². The van der Waals surface area contributed by atoms with Crippen molar-refractivity contribution in [1.29, 1.82) is 0 Å². The highest BCUT2D eigenvalue weighted by Crippen LogP contribution is 2.32. The minimum absolute atomic E-state index is 0.00266. The topological polar surface area (TPSA) is 189 Å². The number of anilines is 5. The van der Waals surface area contributed by atoms with Crippen LogP contribution in [-0.4, -0.2) is 114 Å². The molecule has 4 aliphatic heterocycles. The maximum atomic E-state index is 15.9. The first-order valence-electron chi connectivity index (χ1n) is 20.9. The number of hydrogen-bond acceptors (Lipinski definition) is 13. The molecule has 4 N–H and O–H groups in total. The molecule has 326 valence electrons. The minimum atomic E-state index is -3.71. The first-order valence-corrected chi connectivity index (χ1v) is 22.4. The van der Waals surface area contributed by atoms with Crippen LogP contribution in [0.1, 0.15) is 78.3 Å². The van der Waals surface area contributed by atoms with Gasteiger partial charge in [-0.15, -0.1) is 0 Å². The fraction of sp³-hybridized carbons (Fsp3) is 0.409. The van der Waals surface area contributed by atoms with Gasteiger partial charge in [-0.25, -0.2) is 22.5 Å². The summed E-state index contributed by atoms with van der Waals surface area (Å²) in [4.78, 5) is 67.5. The normalized spacial score (nSPS) is 19.5. The summed E-state index contributed by atoms with van der Waals surface area (Å²) in [5, 5.41) is 8.69. The van der Waals surface area contributed by atoms with Crippen LogP contribution in [0.15, 0.2) is 71.8 Å². The van der Waals surface area contributed by atoms with Crippen LogP contribution in [-0.2, 0) is 26.2 Å². The van der Waals surface area contributed by atoms with Gasteiger partial charge in [0.05, 0.1) is 16.0 Å². The molecule has 3 aromatic carbocycles. The van der Waals surface area contributed by atoms with Crippen molar-refractivity contribution in [1.82, 2.24) is 34.7 Å². The van der Waals surface area contributed by atoms with Gasteiger partial charge in [-0.3, -0.25) is 39.2 Å². The molecule has 0 bridgehead atoms. The molecule has 0 spiro atoms. The smallest absolute Gasteiger partial charge is 0.265 e. The van der Waals surface area contributed by atoms with Crippen molar-refractivity contribution >= 4 is 62.5 Å². The van der Waals surface area contributed by atoms with Crippen molar-refractivity contribution in [3.63, 3.8) is 0 Å². The zero-order chi connectivity index (χ0) is 43.9. The molecule has 4 aromatic rings. The molecule has 0 aliphatic carbocycles. The number of carbonyl (C=O) groups is 4. The van der Waals surface area contributed by atoms with Crippen molar-refractivity contribution < 1.29 is 32.0 Å². The minimum Gasteiger partial charge on any atom is -0.371 e. The molecule has 1 unspecified atom stereocenters. The predicted octanol–water partition coefficient (Wildman–Crippen LogP) is 4.68. The number of nitrogens with one attached hydrogen (secondary N) is 4. The number of sulfonamides is 1. The van der Waals surface area contributed by atoms with Gasteiger partial charge in [0, 0.05) is 98.2 Å². The van der Waals surface area contributed by atoms with Crippen LogP contribution < -0.4 is 25.6 Å². The number of amides is 4. The van der Waals surface area contributed by atoms with Gasteiger partial charge in [-0.05, 0) is 95.5 Å². The molecule has 3 fully saturated rings. The van der Waals surface area contributed by atoms with E-state index in [2.05, 4.69) is 57.5 Å². The van der Waals surface area contributed by atoms with Crippen molar-refractivity contribution in [2.24, 2.45) is 0 Å². The monoisotopic (exact) mass is 866 g/mol. The predicted molar refractivity (Wildman–Crippen MR) is 231 cm³/mol. The van der Waals surface area contributed by atoms with Gasteiger partial charge in [0.1, 0.15) is 17.7 Å². The van der Waals surface area contributed by atoms with Crippen LogP contribution in [0.25, 0.3) is 0 Å². The average Bonchev–Trinajstić information content (AvgIpc) is 3.49. The van der Waals surface area contributed by atoms with Crippen LogP contribution in [0.5, 0.6) is 0 Å². The Kier molecular flexibility index (Phi) is 11.9. The number of imide groups is 2. The largest absolute Gasteiger partial charge is 0.371 e. The fourth-order valence-corrected chi connectivity index (χ4v) is 10.0. The number of carbonyl (C=O) groups excluding carboxylic acids is 4. The Bertz CT molecular complexity index is 2520. The van der Waals surface area contributed by atoms with Gasteiger partial charge in [0.15, 0.2) is 0 Å². The highest BCUT2D eigenvalue weighted by atomic mass is 32.2. The number of aromatic nitrogens is 2. The van der Waals surface area contributed by atoms with Gasteiger partial charge in [-0.2, -0.15) is 4.98 Å². The van der Waals surface area contributed by atoms with Crippen molar-refractivity contribution in [3.05, 3.63) is 94.9 Å². The second-order valence-electron chi connectivity index (χ2n) is 17.3. The standard InChI is InChI=1S/C44H51FN10O6S/c1-27-25-46-43(50-39(27)47-30-6-5-7-33(24-30)62(60,61)51-44(2,3)4)48-29-9-11-31(12-10-29)53-18-16-32(17-19-53)54-22-20-52(21-23-54)26-28-8-13-34-37(38(28)45)42(59)55(41(34)58)35-14-15-36(56)49-40(35)57/h5-13,24-25,32,35,51H,14-23,26H2,1-4H3,(H,49,56,57)(H2,46,47,48,50). The van der Waals surface area contributed by atoms with Crippen molar-refractivity contribution in [3.8, 4) is 0 Å². The number of piperidine rings is 2. The van der Waals surface area contributed by atoms with E-state index in [9.17, 15) is 27.6 Å². The molecule has 8 rings (SSSR count). The Balaban J connectivity index is 0.811. The van der Waals surface area contributed by atoms with Crippen molar-refractivity contribution in [2.45, 2.75) is 82.4 Å². The molecule has 0 saturated carbocycles. The second kappa shape index (κ2) is 17.2. The van der Waals surface area contributed by atoms with Gasteiger partial charge in [-0.1, -0.05) is 12.1 Å². The van der Waals surface area contributed by atoms with E-state index < -0.39 is 51.0 Å². The van der Waals surface area contributed by atoms with E-state index >= 15 is 4.39 Å². The summed E-state index contributed by atoms with van der Waals surface area (Å²) < 4.78 is 44.4. The number of rotatable bonds is 11. The molecule has 18 heteroatoms. The lowest BCUT2D eigenvalue weighted by atomic mass is 10.0. The molecular weight excluding hydrogens is 816 g/mol. The zero-order valence-electron chi connectivity index (χ0n) is 35.2. The van der Waals surface area contributed by atoms with E-state index in [0.717, 1.165) is 73.9 Å². The molecule has 4 amide bonds. The molecular formula is C44H51FN10O6S.